The number of aliphatic hydroxyl groups excluding tert-OH is 1. The Hall–Kier alpha value is -1.41. The van der Waals surface area contributed by atoms with E-state index in [2.05, 4.69) is 51.6 Å². The van der Waals surface area contributed by atoms with E-state index >= 15 is 0 Å². The molecule has 0 bridgehead atoms. The summed E-state index contributed by atoms with van der Waals surface area (Å²) in [4.78, 5) is 26.9. The number of rotatable bonds is 2. The van der Waals surface area contributed by atoms with Crippen LogP contribution in [0.5, 0.6) is 0 Å². The van der Waals surface area contributed by atoms with Gasteiger partial charge in [-0.05, 0) is 110 Å². The zero-order valence-corrected chi connectivity index (χ0v) is 26.1. The average Bonchev–Trinajstić information content (AvgIpc) is 2.78. The van der Waals surface area contributed by atoms with Crippen LogP contribution in [-0.4, -0.2) is 43.2 Å². The van der Waals surface area contributed by atoms with Crippen LogP contribution in [0.2, 0.25) is 0 Å². The fraction of sp³-hybridized carbons (Fsp3) is 0.871. The monoisotopic (exact) mass is 562 g/mol. The van der Waals surface area contributed by atoms with E-state index < -0.39 is 21.6 Å². The van der Waals surface area contributed by atoms with Crippen LogP contribution in [0, 0.1) is 44.8 Å². The van der Waals surface area contributed by atoms with Crippen LogP contribution in [-0.2, 0) is 14.8 Å². The smallest absolute Gasteiger partial charge is 0.328 e. The Labute approximate surface area is 235 Å². The number of fused-ring (bicyclic) bond motifs is 7. The van der Waals surface area contributed by atoms with Gasteiger partial charge in [0.05, 0.1) is 12.4 Å². The molecule has 5 aliphatic rings. The minimum absolute atomic E-state index is 0.0430. The lowest BCUT2D eigenvalue weighted by atomic mass is 9.33. The van der Waals surface area contributed by atoms with Gasteiger partial charge in [-0.1, -0.05) is 47.1 Å². The van der Waals surface area contributed by atoms with Gasteiger partial charge in [-0.2, -0.15) is 0 Å². The van der Waals surface area contributed by atoms with Crippen molar-refractivity contribution in [2.24, 2.45) is 44.8 Å². The van der Waals surface area contributed by atoms with E-state index in [1.165, 1.54) is 5.57 Å². The second kappa shape index (κ2) is 8.56. The Morgan fingerprint density at radius 3 is 2.23 bits per heavy atom. The number of nitrogens with one attached hydrogen (secondary N) is 2. The number of hydrogen-bond acceptors (Lipinski definition) is 5. The van der Waals surface area contributed by atoms with Crippen molar-refractivity contribution in [3.63, 3.8) is 0 Å². The average molecular weight is 563 g/mol. The highest BCUT2D eigenvalue weighted by atomic mass is 32.2. The fourth-order valence-electron chi connectivity index (χ4n) is 10.7. The Kier molecular flexibility index (Phi) is 6.38. The van der Waals surface area contributed by atoms with Gasteiger partial charge in [0.15, 0.2) is 5.78 Å². The van der Waals surface area contributed by atoms with E-state index in [1.807, 2.05) is 13.0 Å². The highest BCUT2D eigenvalue weighted by Crippen LogP contribution is 2.74. The lowest BCUT2D eigenvalue weighted by molar-refractivity contribution is -0.201. The van der Waals surface area contributed by atoms with Gasteiger partial charge in [-0.15, -0.1) is 0 Å². The van der Waals surface area contributed by atoms with Crippen molar-refractivity contribution in [3.8, 4) is 0 Å². The maximum absolute atomic E-state index is 14.4. The molecule has 7 nitrogen and oxygen atoms in total. The van der Waals surface area contributed by atoms with Crippen molar-refractivity contribution in [2.75, 3.05) is 6.26 Å². The quantitative estimate of drug-likeness (QED) is 0.421. The SMILES string of the molecule is CC1(C)[C@@H](O)CC[C@]2(C)[C@H]3C(=O)C=C4[C@@H]5C[C@@](C)(NC(=O)NS(C)(=O)=O)CC[C@]5(C)CC[C@@]4(C)[C@]3(C)CC[C@@H]12. The molecule has 9 atom stereocenters. The number of allylic oxidation sites excluding steroid dienone is 2. The van der Waals surface area contributed by atoms with Crippen molar-refractivity contribution in [1.82, 2.24) is 10.0 Å². The molecule has 3 N–H and O–H groups in total. The number of carbonyl (C=O) groups excluding carboxylic acids is 2. The number of urea groups is 1. The first-order valence-electron chi connectivity index (χ1n) is 14.9. The van der Waals surface area contributed by atoms with Crippen LogP contribution in [0.1, 0.15) is 106 Å². The summed E-state index contributed by atoms with van der Waals surface area (Å²) in [5, 5.41) is 13.9. The van der Waals surface area contributed by atoms with Crippen molar-refractivity contribution < 1.29 is 23.1 Å². The van der Waals surface area contributed by atoms with E-state index in [0.717, 1.165) is 57.6 Å². The predicted octanol–water partition coefficient (Wildman–Crippen LogP) is 5.34. The summed E-state index contributed by atoms with van der Waals surface area (Å²) in [7, 11) is -3.66. The minimum atomic E-state index is -3.66. The van der Waals surface area contributed by atoms with Gasteiger partial charge in [0.25, 0.3) is 0 Å². The fourth-order valence-corrected chi connectivity index (χ4v) is 11.1. The summed E-state index contributed by atoms with van der Waals surface area (Å²) in [6.07, 6.45) is 10.8. The molecule has 0 aliphatic heterocycles. The zero-order chi connectivity index (χ0) is 29.0. The lowest BCUT2D eigenvalue weighted by Crippen LogP contribution is -2.67. The van der Waals surface area contributed by atoms with Gasteiger partial charge in [0.2, 0.25) is 10.0 Å². The molecular weight excluding hydrogens is 512 g/mol. The molecule has 5 aliphatic carbocycles. The molecule has 8 heteroatoms. The topological polar surface area (TPSA) is 113 Å². The summed E-state index contributed by atoms with van der Waals surface area (Å²) < 4.78 is 25.4. The Balaban J connectivity index is 1.53. The van der Waals surface area contributed by atoms with Crippen molar-refractivity contribution in [2.45, 2.75) is 118 Å². The van der Waals surface area contributed by atoms with E-state index in [0.29, 0.717) is 12.3 Å². The molecule has 0 aromatic rings. The molecule has 2 amide bonds. The van der Waals surface area contributed by atoms with E-state index in [-0.39, 0.29) is 50.8 Å². The first-order valence-corrected chi connectivity index (χ1v) is 16.8. The molecule has 0 aromatic carbocycles. The normalized spacial score (nSPS) is 48.9. The second-order valence-electron chi connectivity index (χ2n) is 16.0. The van der Waals surface area contributed by atoms with Crippen LogP contribution in [0.15, 0.2) is 11.6 Å². The molecule has 5 rings (SSSR count). The van der Waals surface area contributed by atoms with Crippen LogP contribution in [0.4, 0.5) is 4.79 Å². The number of hydrogen-bond donors (Lipinski definition) is 3. The summed E-state index contributed by atoms with van der Waals surface area (Å²) in [6, 6.07) is -0.684. The number of carbonyl (C=O) groups is 2. The van der Waals surface area contributed by atoms with Crippen molar-refractivity contribution >= 4 is 21.8 Å². The number of sulfonamides is 1. The van der Waals surface area contributed by atoms with Gasteiger partial charge in [0.1, 0.15) is 0 Å². The molecule has 220 valence electrons. The van der Waals surface area contributed by atoms with Crippen LogP contribution in [0.3, 0.4) is 0 Å². The number of amides is 2. The van der Waals surface area contributed by atoms with Crippen molar-refractivity contribution in [3.05, 3.63) is 11.6 Å². The summed E-state index contributed by atoms with van der Waals surface area (Å²) in [6.45, 7) is 15.9. The minimum Gasteiger partial charge on any atom is -0.393 e. The van der Waals surface area contributed by atoms with Gasteiger partial charge < -0.3 is 10.4 Å². The first kappa shape index (κ1) is 29.1. The zero-order valence-electron chi connectivity index (χ0n) is 25.2. The second-order valence-corrected chi connectivity index (χ2v) is 17.7. The third-order valence-corrected chi connectivity index (χ3v) is 13.8. The molecular formula is C31H50N2O5S. The Bertz CT molecular complexity index is 1230. The van der Waals surface area contributed by atoms with E-state index in [1.54, 1.807) is 0 Å². The maximum Gasteiger partial charge on any atom is 0.328 e. The standard InChI is InChI=1S/C31H50N2O5S/c1-26(2)22-9-12-31(7)24(29(22,5)11-10-23(26)35)21(34)17-19-20-18-28(4,32-25(36)33-39(8,37)38)15-13-27(20,3)14-16-30(19,31)6/h17,20,22-24,35H,9-16,18H2,1-8H3,(H2,32,33,36)/t20-,22-,23-,24+,27+,28-,29-,30+,31+/m0/s1. The van der Waals surface area contributed by atoms with Gasteiger partial charge in [0, 0.05) is 11.5 Å². The van der Waals surface area contributed by atoms with Crippen LogP contribution >= 0.6 is 0 Å². The van der Waals surface area contributed by atoms with E-state index in [9.17, 15) is 23.1 Å². The molecule has 0 radical (unpaired) electrons. The summed E-state index contributed by atoms with van der Waals surface area (Å²) in [5.74, 6) is 0.634. The number of aliphatic hydroxyl groups is 1. The van der Waals surface area contributed by atoms with Crippen LogP contribution < -0.4 is 10.0 Å². The summed E-state index contributed by atoms with van der Waals surface area (Å²) in [5.41, 5.74) is 0.0749. The highest BCUT2D eigenvalue weighted by Gasteiger charge is 2.70. The molecule has 0 spiro atoms. The largest absolute Gasteiger partial charge is 0.393 e. The lowest BCUT2D eigenvalue weighted by Gasteiger charge is -2.70. The predicted molar refractivity (Wildman–Crippen MR) is 152 cm³/mol. The molecule has 0 unspecified atom stereocenters. The van der Waals surface area contributed by atoms with Crippen molar-refractivity contribution in [1.29, 1.82) is 0 Å². The third-order valence-electron chi connectivity index (χ3n) is 13.2. The molecule has 0 saturated heterocycles. The van der Waals surface area contributed by atoms with E-state index in [4.69, 9.17) is 0 Å². The molecule has 0 heterocycles. The highest BCUT2D eigenvalue weighted by molar-refractivity contribution is 7.89. The number of ketones is 1. The summed E-state index contributed by atoms with van der Waals surface area (Å²) >= 11 is 0. The molecule has 39 heavy (non-hydrogen) atoms. The Morgan fingerprint density at radius 2 is 1.59 bits per heavy atom. The molecule has 4 saturated carbocycles. The maximum atomic E-state index is 14.4. The first-order chi connectivity index (χ1) is 17.7. The third kappa shape index (κ3) is 4.16. The molecule has 0 aromatic heterocycles. The van der Waals surface area contributed by atoms with Gasteiger partial charge in [-0.3, -0.25) is 4.79 Å². The Morgan fingerprint density at radius 1 is 0.949 bits per heavy atom. The van der Waals surface area contributed by atoms with Gasteiger partial charge in [-0.25, -0.2) is 17.9 Å². The van der Waals surface area contributed by atoms with Crippen LogP contribution in [0.25, 0.3) is 0 Å². The molecule has 4 fully saturated rings. The van der Waals surface area contributed by atoms with Gasteiger partial charge >= 0.3 is 6.03 Å².